The highest BCUT2D eigenvalue weighted by Gasteiger charge is 2.20. The summed E-state index contributed by atoms with van der Waals surface area (Å²) in [4.78, 5) is 5.23. The first kappa shape index (κ1) is 26.9. The summed E-state index contributed by atoms with van der Waals surface area (Å²) in [6.45, 7) is 0. The van der Waals surface area contributed by atoms with Crippen LogP contribution in [-0.2, 0) is 0 Å². The third-order valence-corrected chi connectivity index (χ3v) is 8.86. The maximum atomic E-state index is 6.44. The van der Waals surface area contributed by atoms with E-state index >= 15 is 0 Å². The van der Waals surface area contributed by atoms with Crippen molar-refractivity contribution in [3.8, 4) is 11.1 Å². The molecule has 0 unspecified atom stereocenters. The lowest BCUT2D eigenvalue weighted by atomic mass is 9.95. The summed E-state index contributed by atoms with van der Waals surface area (Å²) in [5, 5.41) is 10.7. The molecule has 7 aromatic carbocycles. The maximum absolute atomic E-state index is 6.44. The molecule has 0 saturated heterocycles. The number of hydrogen-bond donors (Lipinski definition) is 1. The number of rotatable bonds is 4. The second kappa shape index (κ2) is 10.9. The van der Waals surface area contributed by atoms with E-state index in [0.29, 0.717) is 5.84 Å². The second-order valence-electron chi connectivity index (χ2n) is 11.6. The van der Waals surface area contributed by atoms with Crippen LogP contribution in [0.15, 0.2) is 171 Å². The Balaban J connectivity index is 1.27. The maximum Gasteiger partial charge on any atom is 0.180 e. The number of para-hydroxylation sites is 1. The van der Waals surface area contributed by atoms with Gasteiger partial charge in [-0.05, 0) is 64.4 Å². The molecule has 0 fully saturated rings. The van der Waals surface area contributed by atoms with Crippen molar-refractivity contribution >= 4 is 66.2 Å². The zero-order valence-electron chi connectivity index (χ0n) is 25.2. The van der Waals surface area contributed by atoms with Crippen LogP contribution in [0.25, 0.3) is 65.8 Å². The van der Waals surface area contributed by atoms with Gasteiger partial charge in [-0.15, -0.1) is 0 Å². The first-order valence-corrected chi connectivity index (χ1v) is 15.5. The van der Waals surface area contributed by atoms with Crippen molar-refractivity contribution in [2.75, 3.05) is 0 Å². The minimum Gasteiger partial charge on any atom is -0.456 e. The Morgan fingerprint density at radius 3 is 2.06 bits per heavy atom. The van der Waals surface area contributed by atoms with Crippen LogP contribution in [0.3, 0.4) is 0 Å². The third-order valence-electron chi connectivity index (χ3n) is 8.86. The predicted molar refractivity (Wildman–Crippen MR) is 193 cm³/mol. The molecule has 2 N–H and O–H groups in total. The molecule has 0 amide bonds. The predicted octanol–water partition coefficient (Wildman–Crippen LogP) is 10.5. The lowest BCUT2D eigenvalue weighted by Crippen LogP contribution is -2.10. The highest BCUT2D eigenvalue weighted by atomic mass is 16.3. The first-order valence-electron chi connectivity index (χ1n) is 15.5. The zero-order valence-corrected chi connectivity index (χ0v) is 25.2. The molecule has 2 heterocycles. The molecule has 222 valence electrons. The van der Waals surface area contributed by atoms with Gasteiger partial charge in [-0.2, -0.15) is 5.10 Å². The highest BCUT2D eigenvalue weighted by Crippen LogP contribution is 2.39. The number of benzene rings is 7. The molecule has 5 heteroatoms. The Morgan fingerprint density at radius 2 is 1.19 bits per heavy atom. The SMILES string of the molecule is N/N=C(\N=C(c1ccccc1)c1ccc2oc3ccccc3c2c1)c1cccc2oc3cccc(-c4ccc5ccccc5c4)c3c12. The topological polar surface area (TPSA) is 77.0 Å². The molecule has 9 rings (SSSR count). The van der Waals surface area contributed by atoms with Gasteiger partial charge >= 0.3 is 0 Å². The van der Waals surface area contributed by atoms with Crippen molar-refractivity contribution in [2.24, 2.45) is 15.9 Å². The minimum absolute atomic E-state index is 0.405. The Hall–Kier alpha value is -6.46. The van der Waals surface area contributed by atoms with E-state index in [9.17, 15) is 0 Å². The number of hydrazone groups is 1. The average Bonchev–Trinajstić information content (AvgIpc) is 3.71. The normalized spacial score (nSPS) is 12.6. The molecule has 5 nitrogen and oxygen atoms in total. The van der Waals surface area contributed by atoms with Crippen molar-refractivity contribution in [2.45, 2.75) is 0 Å². The molecule has 0 radical (unpaired) electrons. The fourth-order valence-electron chi connectivity index (χ4n) is 6.68. The van der Waals surface area contributed by atoms with Crippen LogP contribution in [0.4, 0.5) is 0 Å². The van der Waals surface area contributed by atoms with E-state index in [1.807, 2.05) is 78.9 Å². The van der Waals surface area contributed by atoms with Crippen LogP contribution >= 0.6 is 0 Å². The number of amidine groups is 1. The molecule has 0 saturated carbocycles. The molecule has 0 aliphatic rings. The van der Waals surface area contributed by atoms with E-state index < -0.39 is 0 Å². The molecular weight excluding hydrogens is 578 g/mol. The van der Waals surface area contributed by atoms with E-state index in [0.717, 1.165) is 77.4 Å². The Bertz CT molecular complexity index is 2700. The number of nitrogens with zero attached hydrogens (tertiary/aromatic N) is 2. The van der Waals surface area contributed by atoms with Crippen LogP contribution in [0.2, 0.25) is 0 Å². The standard InChI is InChI=1S/C42H27N3O2/c43-45-42(44-41(27-11-2-1-3-12-27)30-22-23-36-34(25-30)32-14-6-7-17-35(32)46-36)33-16-9-19-38-40(33)39-31(15-8-18-37(39)47-38)29-21-20-26-10-4-5-13-28(26)24-29/h1-25H,43H2/b44-41?,45-42-. The van der Waals surface area contributed by atoms with E-state index in [2.05, 4.69) is 77.9 Å². The quantitative estimate of drug-likeness (QED) is 0.0938. The van der Waals surface area contributed by atoms with Gasteiger partial charge < -0.3 is 14.7 Å². The first-order chi connectivity index (χ1) is 23.2. The van der Waals surface area contributed by atoms with E-state index in [-0.39, 0.29) is 0 Å². The lowest BCUT2D eigenvalue weighted by Gasteiger charge is -2.11. The third kappa shape index (κ3) is 4.48. The van der Waals surface area contributed by atoms with Gasteiger partial charge in [0.2, 0.25) is 0 Å². The molecule has 2 aromatic heterocycles. The summed E-state index contributed by atoms with van der Waals surface area (Å²) in [5.74, 6) is 6.61. The van der Waals surface area contributed by atoms with Crippen LogP contribution < -0.4 is 5.84 Å². The van der Waals surface area contributed by atoms with Crippen LogP contribution in [0, 0.1) is 0 Å². The van der Waals surface area contributed by atoms with Crippen molar-refractivity contribution < 1.29 is 8.83 Å². The van der Waals surface area contributed by atoms with Gasteiger partial charge in [0.15, 0.2) is 5.84 Å². The minimum atomic E-state index is 0.405. The lowest BCUT2D eigenvalue weighted by molar-refractivity contribution is 0.668. The summed E-state index contributed by atoms with van der Waals surface area (Å²) >= 11 is 0. The molecule has 0 atom stereocenters. The zero-order chi connectivity index (χ0) is 31.3. The fourth-order valence-corrected chi connectivity index (χ4v) is 6.68. The largest absolute Gasteiger partial charge is 0.456 e. The van der Waals surface area contributed by atoms with Crippen molar-refractivity contribution in [1.29, 1.82) is 0 Å². The fraction of sp³-hybridized carbons (Fsp3) is 0. The number of hydrogen-bond acceptors (Lipinski definition) is 4. The van der Waals surface area contributed by atoms with Gasteiger partial charge in [0, 0.05) is 38.2 Å². The Labute approximate surface area is 269 Å². The number of fused-ring (bicyclic) bond motifs is 7. The van der Waals surface area contributed by atoms with E-state index in [4.69, 9.17) is 19.7 Å². The molecular formula is C42H27N3O2. The summed E-state index contributed by atoms with van der Waals surface area (Å²) in [6.07, 6.45) is 0. The average molecular weight is 606 g/mol. The Kier molecular flexibility index (Phi) is 6.22. The van der Waals surface area contributed by atoms with E-state index in [1.54, 1.807) is 0 Å². The van der Waals surface area contributed by atoms with E-state index in [1.165, 1.54) is 10.8 Å². The molecule has 0 aliphatic heterocycles. The monoisotopic (exact) mass is 605 g/mol. The van der Waals surface area contributed by atoms with Crippen molar-refractivity contribution in [3.05, 3.63) is 168 Å². The molecule has 9 aromatic rings. The van der Waals surface area contributed by atoms with Crippen LogP contribution in [-0.4, -0.2) is 11.5 Å². The van der Waals surface area contributed by atoms with Gasteiger partial charge in [-0.25, -0.2) is 4.99 Å². The van der Waals surface area contributed by atoms with Crippen molar-refractivity contribution in [1.82, 2.24) is 0 Å². The highest BCUT2D eigenvalue weighted by molar-refractivity contribution is 6.26. The Morgan fingerprint density at radius 1 is 0.489 bits per heavy atom. The summed E-state index contributed by atoms with van der Waals surface area (Å²) in [7, 11) is 0. The summed E-state index contributed by atoms with van der Waals surface area (Å²) < 4.78 is 12.6. The van der Waals surface area contributed by atoms with Crippen molar-refractivity contribution in [3.63, 3.8) is 0 Å². The molecule has 0 spiro atoms. The molecule has 0 aliphatic carbocycles. The second-order valence-corrected chi connectivity index (χ2v) is 11.6. The number of nitrogens with two attached hydrogens (primary N) is 1. The van der Waals surface area contributed by atoms with Gasteiger partial charge in [0.1, 0.15) is 22.3 Å². The van der Waals surface area contributed by atoms with Crippen LogP contribution in [0.5, 0.6) is 0 Å². The van der Waals surface area contributed by atoms with Gasteiger partial charge in [0.25, 0.3) is 0 Å². The number of aliphatic imine (C=N–C) groups is 1. The summed E-state index contributed by atoms with van der Waals surface area (Å²) in [6, 6.07) is 51.5. The summed E-state index contributed by atoms with van der Waals surface area (Å²) in [5.41, 5.74) is 8.80. The van der Waals surface area contributed by atoms with Crippen LogP contribution in [0.1, 0.15) is 16.7 Å². The smallest absolute Gasteiger partial charge is 0.180 e. The van der Waals surface area contributed by atoms with Gasteiger partial charge in [-0.1, -0.05) is 109 Å². The number of furan rings is 2. The molecule has 0 bridgehead atoms. The van der Waals surface area contributed by atoms with Gasteiger partial charge in [0.05, 0.1) is 5.71 Å². The van der Waals surface area contributed by atoms with Gasteiger partial charge in [-0.3, -0.25) is 0 Å². The molecule has 47 heavy (non-hydrogen) atoms.